The molecule has 1 amide bonds. The van der Waals surface area contributed by atoms with E-state index in [9.17, 15) is 4.79 Å². The first kappa shape index (κ1) is 12.8. The van der Waals surface area contributed by atoms with Gasteiger partial charge >= 0.3 is 0 Å². The van der Waals surface area contributed by atoms with E-state index in [2.05, 4.69) is 12.2 Å². The second kappa shape index (κ2) is 7.07. The molecule has 1 heterocycles. The van der Waals surface area contributed by atoms with Gasteiger partial charge in [0.15, 0.2) is 0 Å². The van der Waals surface area contributed by atoms with E-state index in [-0.39, 0.29) is 11.9 Å². The Hall–Kier alpha value is -0.280. The highest BCUT2D eigenvalue weighted by molar-refractivity contribution is 6.17. The Kier molecular flexibility index (Phi) is 6.03. The van der Waals surface area contributed by atoms with Crippen LogP contribution in [0.25, 0.3) is 0 Å². The lowest BCUT2D eigenvalue weighted by atomic mass is 9.93. The van der Waals surface area contributed by atoms with Crippen molar-refractivity contribution in [3.8, 4) is 0 Å². The molecule has 1 unspecified atom stereocenters. The minimum absolute atomic E-state index is 0.120. The number of hydrogen-bond donors (Lipinski definition) is 1. The normalized spacial score (nSPS) is 19.9. The van der Waals surface area contributed by atoms with Crippen LogP contribution >= 0.6 is 11.6 Å². The quantitative estimate of drug-likeness (QED) is 0.737. The van der Waals surface area contributed by atoms with Crippen molar-refractivity contribution in [2.24, 2.45) is 5.92 Å². The Balaban J connectivity index is 2.21. The third-order valence-corrected chi connectivity index (χ3v) is 3.17. The lowest BCUT2D eigenvalue weighted by Crippen LogP contribution is -2.40. The van der Waals surface area contributed by atoms with Gasteiger partial charge in [0.05, 0.1) is 0 Å². The minimum atomic E-state index is 0.120. The molecule has 0 bridgehead atoms. The average molecular weight is 234 g/mol. The summed E-state index contributed by atoms with van der Waals surface area (Å²) in [5, 5.41) is 3.03. The molecule has 3 nitrogen and oxygen atoms in total. The molecule has 1 aliphatic heterocycles. The van der Waals surface area contributed by atoms with Crippen LogP contribution < -0.4 is 5.32 Å². The Morgan fingerprint density at radius 1 is 1.53 bits per heavy atom. The maximum absolute atomic E-state index is 11.5. The molecule has 1 saturated heterocycles. The number of ether oxygens (including phenoxy) is 1. The summed E-state index contributed by atoms with van der Waals surface area (Å²) in [6, 6.07) is 0.261. The second-order valence-electron chi connectivity index (χ2n) is 4.10. The first-order chi connectivity index (χ1) is 7.24. The molecule has 1 rings (SSSR count). The van der Waals surface area contributed by atoms with Crippen LogP contribution in [0.5, 0.6) is 0 Å². The Bertz CT molecular complexity index is 193. The molecule has 0 aromatic carbocycles. The van der Waals surface area contributed by atoms with Crippen molar-refractivity contribution in [3.63, 3.8) is 0 Å². The molecular formula is C11H20ClNO2. The van der Waals surface area contributed by atoms with E-state index in [1.54, 1.807) is 0 Å². The predicted octanol–water partition coefficient (Wildman–Crippen LogP) is 1.94. The number of carbonyl (C=O) groups excluding carboxylic acids is 1. The monoisotopic (exact) mass is 233 g/mol. The molecule has 0 saturated carbocycles. The molecule has 0 aliphatic carbocycles. The van der Waals surface area contributed by atoms with E-state index in [1.165, 1.54) is 0 Å². The lowest BCUT2D eigenvalue weighted by molar-refractivity contribution is -0.122. The minimum Gasteiger partial charge on any atom is -0.381 e. The van der Waals surface area contributed by atoms with Crippen molar-refractivity contribution in [2.75, 3.05) is 19.1 Å². The third kappa shape index (κ3) is 4.85. The van der Waals surface area contributed by atoms with Crippen molar-refractivity contribution in [3.05, 3.63) is 0 Å². The number of amides is 1. The summed E-state index contributed by atoms with van der Waals surface area (Å²) in [7, 11) is 0. The summed E-state index contributed by atoms with van der Waals surface area (Å²) < 4.78 is 5.29. The number of rotatable bonds is 5. The second-order valence-corrected chi connectivity index (χ2v) is 4.48. The smallest absolute Gasteiger partial charge is 0.220 e. The highest BCUT2D eigenvalue weighted by Crippen LogP contribution is 2.18. The van der Waals surface area contributed by atoms with Gasteiger partial charge in [0.25, 0.3) is 0 Å². The summed E-state index contributed by atoms with van der Waals surface area (Å²) in [4.78, 5) is 11.5. The van der Waals surface area contributed by atoms with Crippen molar-refractivity contribution < 1.29 is 9.53 Å². The fourth-order valence-electron chi connectivity index (χ4n) is 1.89. The fraction of sp³-hybridized carbons (Fsp3) is 0.909. The standard InChI is InChI=1S/C11H20ClNO2/c1-9(10-4-7-15-8-5-10)13-11(14)3-2-6-12/h9-10H,2-8H2,1H3,(H,13,14). The molecule has 1 N–H and O–H groups in total. The SMILES string of the molecule is CC(NC(=O)CCCCl)C1CCOCC1. The van der Waals surface area contributed by atoms with Crippen LogP contribution in [-0.4, -0.2) is 31.0 Å². The number of hydrogen-bond acceptors (Lipinski definition) is 2. The van der Waals surface area contributed by atoms with E-state index >= 15 is 0 Å². The van der Waals surface area contributed by atoms with Gasteiger partial charge in [-0.05, 0) is 32.1 Å². The van der Waals surface area contributed by atoms with Crippen LogP contribution in [0.15, 0.2) is 0 Å². The molecule has 0 spiro atoms. The first-order valence-corrected chi connectivity index (χ1v) is 6.20. The van der Waals surface area contributed by atoms with Gasteiger partial charge < -0.3 is 10.1 Å². The van der Waals surface area contributed by atoms with Crippen LogP contribution in [0.1, 0.15) is 32.6 Å². The summed E-state index contributed by atoms with van der Waals surface area (Å²) in [5.74, 6) is 1.24. The van der Waals surface area contributed by atoms with Crippen molar-refractivity contribution >= 4 is 17.5 Å². The summed E-state index contributed by atoms with van der Waals surface area (Å²) in [5.41, 5.74) is 0. The van der Waals surface area contributed by atoms with E-state index in [0.29, 0.717) is 18.2 Å². The Morgan fingerprint density at radius 3 is 2.80 bits per heavy atom. The van der Waals surface area contributed by atoms with Crippen LogP contribution in [0.4, 0.5) is 0 Å². The zero-order valence-electron chi connectivity index (χ0n) is 9.30. The van der Waals surface area contributed by atoms with Gasteiger partial charge in [-0.15, -0.1) is 11.6 Å². The van der Waals surface area contributed by atoms with Crippen LogP contribution in [-0.2, 0) is 9.53 Å². The zero-order chi connectivity index (χ0) is 11.1. The van der Waals surface area contributed by atoms with Crippen LogP contribution in [0, 0.1) is 5.92 Å². The van der Waals surface area contributed by atoms with E-state index in [4.69, 9.17) is 16.3 Å². The van der Waals surface area contributed by atoms with Gasteiger partial charge in [0, 0.05) is 31.6 Å². The molecule has 0 aromatic rings. The van der Waals surface area contributed by atoms with Gasteiger partial charge in [-0.2, -0.15) is 0 Å². The molecule has 88 valence electrons. The molecule has 1 fully saturated rings. The van der Waals surface area contributed by atoms with Gasteiger partial charge in [-0.3, -0.25) is 4.79 Å². The first-order valence-electron chi connectivity index (χ1n) is 5.67. The fourth-order valence-corrected chi connectivity index (χ4v) is 2.02. The maximum Gasteiger partial charge on any atom is 0.220 e. The van der Waals surface area contributed by atoms with Crippen LogP contribution in [0.3, 0.4) is 0 Å². The third-order valence-electron chi connectivity index (χ3n) is 2.90. The zero-order valence-corrected chi connectivity index (χ0v) is 10.1. The molecule has 0 aromatic heterocycles. The van der Waals surface area contributed by atoms with E-state index in [1.807, 2.05) is 0 Å². The molecule has 1 aliphatic rings. The maximum atomic E-state index is 11.5. The van der Waals surface area contributed by atoms with Gasteiger partial charge in [0.1, 0.15) is 0 Å². The summed E-state index contributed by atoms with van der Waals surface area (Å²) in [6.07, 6.45) is 3.40. The topological polar surface area (TPSA) is 38.3 Å². The predicted molar refractivity (Wildman–Crippen MR) is 61.1 cm³/mol. The summed E-state index contributed by atoms with van der Waals surface area (Å²) in [6.45, 7) is 3.73. The van der Waals surface area contributed by atoms with E-state index < -0.39 is 0 Å². The number of nitrogens with one attached hydrogen (secondary N) is 1. The van der Waals surface area contributed by atoms with Crippen molar-refractivity contribution in [2.45, 2.75) is 38.6 Å². The summed E-state index contributed by atoms with van der Waals surface area (Å²) >= 11 is 5.53. The van der Waals surface area contributed by atoms with Crippen molar-refractivity contribution in [1.29, 1.82) is 0 Å². The average Bonchev–Trinajstić information content (AvgIpc) is 2.27. The van der Waals surface area contributed by atoms with E-state index in [0.717, 1.165) is 32.5 Å². The molecule has 4 heteroatoms. The molecule has 0 radical (unpaired) electrons. The van der Waals surface area contributed by atoms with Gasteiger partial charge in [-0.25, -0.2) is 0 Å². The highest BCUT2D eigenvalue weighted by Gasteiger charge is 2.21. The number of alkyl halides is 1. The van der Waals surface area contributed by atoms with Gasteiger partial charge in [-0.1, -0.05) is 0 Å². The molecule has 15 heavy (non-hydrogen) atoms. The van der Waals surface area contributed by atoms with Crippen molar-refractivity contribution in [1.82, 2.24) is 5.32 Å². The Labute approximate surface area is 96.5 Å². The molecule has 1 atom stereocenters. The lowest BCUT2D eigenvalue weighted by Gasteiger charge is -2.28. The highest BCUT2D eigenvalue weighted by atomic mass is 35.5. The Morgan fingerprint density at radius 2 is 2.20 bits per heavy atom. The number of carbonyl (C=O) groups is 1. The number of halogens is 1. The molecular weight excluding hydrogens is 214 g/mol. The van der Waals surface area contributed by atoms with Crippen LogP contribution in [0.2, 0.25) is 0 Å². The van der Waals surface area contributed by atoms with Gasteiger partial charge in [0.2, 0.25) is 5.91 Å². The largest absolute Gasteiger partial charge is 0.381 e.